The number of halogens is 2. The minimum atomic E-state index is -0.212. The van der Waals surface area contributed by atoms with Crippen LogP contribution in [-0.2, 0) is 6.54 Å². The van der Waals surface area contributed by atoms with E-state index in [2.05, 4.69) is 4.98 Å². The minimum Gasteiger partial charge on any atom is -0.497 e. The van der Waals surface area contributed by atoms with E-state index in [9.17, 15) is 4.79 Å². The lowest BCUT2D eigenvalue weighted by Gasteiger charge is -2.21. The van der Waals surface area contributed by atoms with Crippen molar-refractivity contribution in [2.75, 3.05) is 25.7 Å². The Labute approximate surface area is 201 Å². The molecule has 1 amide bonds. The average Bonchev–Trinajstić information content (AvgIpc) is 3.45. The van der Waals surface area contributed by atoms with Crippen molar-refractivity contribution < 1.29 is 14.3 Å². The quantitative estimate of drug-likeness (QED) is 0.332. The zero-order chi connectivity index (χ0) is 21.8. The maximum Gasteiger partial charge on any atom is 0.263 e. The second-order valence-corrected chi connectivity index (χ2v) is 8.23. The molecule has 0 fully saturated rings. The van der Waals surface area contributed by atoms with Crippen LogP contribution in [0.3, 0.4) is 0 Å². The third-order valence-electron chi connectivity index (χ3n) is 4.81. The number of ether oxygens (including phenoxy) is 2. The molecule has 32 heavy (non-hydrogen) atoms. The fourth-order valence-electron chi connectivity index (χ4n) is 3.24. The topological polar surface area (TPSA) is 69.5 Å². The first-order valence-electron chi connectivity index (χ1n) is 9.65. The number of methoxy groups -OCH3 is 2. The summed E-state index contributed by atoms with van der Waals surface area (Å²) in [5.74, 6) is 1.00. The fourth-order valence-corrected chi connectivity index (χ4v) is 4.43. The van der Waals surface area contributed by atoms with Crippen LogP contribution in [0, 0.1) is 0 Å². The SMILES string of the molecule is COc1ccc2nc(N(CCCn3ccnc3)C(=O)c3cc(Cl)ccc3OC)sc2c1.Cl. The smallest absolute Gasteiger partial charge is 0.263 e. The molecule has 7 nitrogen and oxygen atoms in total. The summed E-state index contributed by atoms with van der Waals surface area (Å²) in [4.78, 5) is 24.0. The molecule has 2 heterocycles. The number of imidazole rings is 1. The first-order valence-corrected chi connectivity index (χ1v) is 10.8. The van der Waals surface area contributed by atoms with Crippen molar-refractivity contribution in [3.05, 3.63) is 65.7 Å². The molecule has 0 saturated carbocycles. The molecule has 10 heteroatoms. The first-order chi connectivity index (χ1) is 15.1. The molecule has 2 aromatic carbocycles. The van der Waals surface area contributed by atoms with Crippen LogP contribution >= 0.6 is 35.3 Å². The van der Waals surface area contributed by atoms with Crippen LogP contribution in [0.4, 0.5) is 5.13 Å². The molecule has 0 N–H and O–H groups in total. The molecule has 0 bridgehead atoms. The Balaban J connectivity index is 0.00000289. The van der Waals surface area contributed by atoms with Crippen LogP contribution in [0.25, 0.3) is 10.2 Å². The van der Waals surface area contributed by atoms with Crippen molar-refractivity contribution in [2.45, 2.75) is 13.0 Å². The summed E-state index contributed by atoms with van der Waals surface area (Å²) in [7, 11) is 3.16. The molecular formula is C22H22Cl2N4O3S. The van der Waals surface area contributed by atoms with E-state index in [1.165, 1.54) is 18.4 Å². The number of rotatable bonds is 8. The number of aromatic nitrogens is 3. The van der Waals surface area contributed by atoms with Crippen molar-refractivity contribution in [2.24, 2.45) is 0 Å². The lowest BCUT2D eigenvalue weighted by molar-refractivity contribution is 0.0983. The highest BCUT2D eigenvalue weighted by Gasteiger charge is 2.24. The molecule has 0 aliphatic rings. The Morgan fingerprint density at radius 3 is 2.75 bits per heavy atom. The van der Waals surface area contributed by atoms with Gasteiger partial charge < -0.3 is 14.0 Å². The van der Waals surface area contributed by atoms with Gasteiger partial charge >= 0.3 is 0 Å². The molecule has 4 rings (SSSR count). The maximum atomic E-state index is 13.6. The molecule has 0 aliphatic carbocycles. The van der Waals surface area contributed by atoms with Crippen LogP contribution < -0.4 is 14.4 Å². The van der Waals surface area contributed by atoms with Crippen LogP contribution in [0.2, 0.25) is 5.02 Å². The number of thiazole rings is 1. The van der Waals surface area contributed by atoms with Gasteiger partial charge in [-0.05, 0) is 42.8 Å². The van der Waals surface area contributed by atoms with E-state index >= 15 is 0 Å². The predicted octanol–water partition coefficient (Wildman–Crippen LogP) is 5.32. The van der Waals surface area contributed by atoms with E-state index in [0.29, 0.717) is 28.0 Å². The van der Waals surface area contributed by atoms with E-state index in [0.717, 1.165) is 28.9 Å². The van der Waals surface area contributed by atoms with Crippen molar-refractivity contribution >= 4 is 56.6 Å². The predicted molar refractivity (Wildman–Crippen MR) is 130 cm³/mol. The van der Waals surface area contributed by atoms with Crippen molar-refractivity contribution in [1.82, 2.24) is 14.5 Å². The average molecular weight is 493 g/mol. The number of hydrogen-bond acceptors (Lipinski definition) is 6. The standard InChI is InChI=1S/C22H21ClN4O3S.ClH/c1-29-16-5-6-18-20(13-16)31-22(25-18)27(10-3-9-26-11-8-24-14-26)21(28)17-12-15(23)4-7-19(17)30-2;/h4-8,11-14H,3,9-10H2,1-2H3;1H. The van der Waals surface area contributed by atoms with Crippen LogP contribution in [0.15, 0.2) is 55.1 Å². The van der Waals surface area contributed by atoms with Crippen LogP contribution in [0.5, 0.6) is 11.5 Å². The van der Waals surface area contributed by atoms with Crippen molar-refractivity contribution in [3.63, 3.8) is 0 Å². The summed E-state index contributed by atoms with van der Waals surface area (Å²) in [5, 5.41) is 1.08. The van der Waals surface area contributed by atoms with Gasteiger partial charge in [-0.15, -0.1) is 12.4 Å². The monoisotopic (exact) mass is 492 g/mol. The van der Waals surface area contributed by atoms with Gasteiger partial charge in [-0.25, -0.2) is 9.97 Å². The number of carbonyl (C=O) groups is 1. The minimum absolute atomic E-state index is 0. The van der Waals surface area contributed by atoms with E-state index < -0.39 is 0 Å². The Morgan fingerprint density at radius 2 is 2.03 bits per heavy atom. The molecule has 4 aromatic rings. The van der Waals surface area contributed by atoms with E-state index in [1.807, 2.05) is 29.0 Å². The van der Waals surface area contributed by atoms with Crippen LogP contribution in [-0.4, -0.2) is 41.2 Å². The number of carbonyl (C=O) groups excluding carboxylic acids is 1. The highest BCUT2D eigenvalue weighted by molar-refractivity contribution is 7.22. The molecule has 0 aliphatic heterocycles. The van der Waals surface area contributed by atoms with Crippen molar-refractivity contribution in [3.8, 4) is 11.5 Å². The zero-order valence-electron chi connectivity index (χ0n) is 17.5. The molecule has 0 atom stereocenters. The van der Waals surface area contributed by atoms with E-state index in [4.69, 9.17) is 26.1 Å². The Morgan fingerprint density at radius 1 is 1.19 bits per heavy atom. The largest absolute Gasteiger partial charge is 0.497 e. The highest BCUT2D eigenvalue weighted by atomic mass is 35.5. The number of anilines is 1. The Hall–Kier alpha value is -2.81. The maximum absolute atomic E-state index is 13.6. The van der Waals surface area contributed by atoms with Gasteiger partial charge in [-0.3, -0.25) is 9.69 Å². The summed E-state index contributed by atoms with van der Waals surface area (Å²) in [5.41, 5.74) is 1.21. The molecule has 0 spiro atoms. The number of hydrogen-bond donors (Lipinski definition) is 0. The highest BCUT2D eigenvalue weighted by Crippen LogP contribution is 2.33. The van der Waals surface area contributed by atoms with Gasteiger partial charge in [-0.1, -0.05) is 22.9 Å². The Bertz CT molecular complexity index is 1200. The van der Waals surface area contributed by atoms with Crippen LogP contribution in [0.1, 0.15) is 16.8 Å². The molecule has 0 radical (unpaired) electrons. The van der Waals surface area contributed by atoms with Gasteiger partial charge in [-0.2, -0.15) is 0 Å². The second-order valence-electron chi connectivity index (χ2n) is 6.79. The normalized spacial score (nSPS) is 10.6. The first kappa shape index (κ1) is 23.8. The lowest BCUT2D eigenvalue weighted by atomic mass is 10.1. The van der Waals surface area contributed by atoms with E-state index in [-0.39, 0.29) is 18.3 Å². The summed E-state index contributed by atoms with van der Waals surface area (Å²) < 4.78 is 13.6. The van der Waals surface area contributed by atoms with Gasteiger partial charge in [0.1, 0.15) is 11.5 Å². The summed E-state index contributed by atoms with van der Waals surface area (Å²) in [6.45, 7) is 1.21. The third-order valence-corrected chi connectivity index (χ3v) is 6.09. The van der Waals surface area contributed by atoms with Gasteiger partial charge in [0.25, 0.3) is 5.91 Å². The van der Waals surface area contributed by atoms with Gasteiger partial charge in [0.15, 0.2) is 5.13 Å². The Kier molecular flexibility index (Phi) is 7.95. The number of nitrogens with zero attached hydrogens (tertiary/aromatic N) is 4. The summed E-state index contributed by atoms with van der Waals surface area (Å²) in [6.07, 6.45) is 6.12. The molecule has 2 aromatic heterocycles. The fraction of sp³-hybridized carbons (Fsp3) is 0.227. The number of fused-ring (bicyclic) bond motifs is 1. The summed E-state index contributed by atoms with van der Waals surface area (Å²) in [6, 6.07) is 10.7. The lowest BCUT2D eigenvalue weighted by Crippen LogP contribution is -2.32. The van der Waals surface area contributed by atoms with Gasteiger partial charge in [0.2, 0.25) is 0 Å². The molecule has 0 unspecified atom stereocenters. The number of benzene rings is 2. The zero-order valence-corrected chi connectivity index (χ0v) is 19.9. The summed E-state index contributed by atoms with van der Waals surface area (Å²) >= 11 is 7.62. The second kappa shape index (κ2) is 10.7. The van der Waals surface area contributed by atoms with E-state index in [1.54, 1.807) is 42.7 Å². The molecule has 0 saturated heterocycles. The number of aryl methyl sites for hydroxylation is 1. The van der Waals surface area contributed by atoms with Crippen molar-refractivity contribution in [1.29, 1.82) is 0 Å². The number of amides is 1. The van der Waals surface area contributed by atoms with Gasteiger partial charge in [0, 0.05) is 30.5 Å². The molecule has 168 valence electrons. The van der Waals surface area contributed by atoms with Gasteiger partial charge in [0.05, 0.1) is 36.3 Å². The third kappa shape index (κ3) is 5.15. The molecular weight excluding hydrogens is 471 g/mol.